The van der Waals surface area contributed by atoms with Crippen LogP contribution in [0.2, 0.25) is 0 Å². The van der Waals surface area contributed by atoms with Crippen molar-refractivity contribution in [1.82, 2.24) is 9.80 Å². The molecule has 1 saturated heterocycles. The van der Waals surface area contributed by atoms with E-state index in [4.69, 9.17) is 4.74 Å². The number of hydrogen-bond donors (Lipinski definition) is 0. The zero-order chi connectivity index (χ0) is 23.2. The first kappa shape index (κ1) is 22.6. The van der Waals surface area contributed by atoms with E-state index in [0.29, 0.717) is 30.9 Å². The van der Waals surface area contributed by atoms with E-state index >= 15 is 0 Å². The number of carbonyl (C=O) groups is 2. The van der Waals surface area contributed by atoms with Gasteiger partial charge in [-0.1, -0.05) is 60.7 Å². The van der Waals surface area contributed by atoms with Crippen molar-refractivity contribution in [2.24, 2.45) is 5.92 Å². The van der Waals surface area contributed by atoms with Crippen LogP contribution in [-0.2, 0) is 11.3 Å². The van der Waals surface area contributed by atoms with Gasteiger partial charge in [-0.05, 0) is 41.8 Å². The van der Waals surface area contributed by atoms with E-state index in [1.165, 1.54) is 0 Å². The third-order valence-corrected chi connectivity index (χ3v) is 6.33. The summed E-state index contributed by atoms with van der Waals surface area (Å²) in [6.45, 7) is 1.58. The minimum atomic E-state index is -0.250. The lowest BCUT2D eigenvalue weighted by Gasteiger charge is -2.39. The summed E-state index contributed by atoms with van der Waals surface area (Å²) in [6, 6.07) is 27.3. The highest BCUT2D eigenvalue weighted by molar-refractivity contribution is 5.95. The van der Waals surface area contributed by atoms with Crippen LogP contribution < -0.4 is 4.74 Å². The third-order valence-electron chi connectivity index (χ3n) is 6.33. The van der Waals surface area contributed by atoms with Gasteiger partial charge in [0.2, 0.25) is 5.91 Å². The van der Waals surface area contributed by atoms with Gasteiger partial charge < -0.3 is 14.5 Å². The summed E-state index contributed by atoms with van der Waals surface area (Å²) in [7, 11) is 3.45. The van der Waals surface area contributed by atoms with Crippen molar-refractivity contribution in [3.63, 3.8) is 0 Å². The van der Waals surface area contributed by atoms with E-state index in [-0.39, 0.29) is 23.7 Å². The van der Waals surface area contributed by atoms with Crippen molar-refractivity contribution >= 4 is 11.8 Å². The van der Waals surface area contributed by atoms with E-state index in [1.54, 1.807) is 36.3 Å². The van der Waals surface area contributed by atoms with Gasteiger partial charge >= 0.3 is 0 Å². The van der Waals surface area contributed by atoms with Crippen LogP contribution in [0.25, 0.3) is 0 Å². The Morgan fingerprint density at radius 1 is 0.909 bits per heavy atom. The second kappa shape index (κ2) is 10.3. The third kappa shape index (κ3) is 5.43. The summed E-state index contributed by atoms with van der Waals surface area (Å²) < 4.78 is 5.22. The molecule has 0 radical (unpaired) electrons. The minimum absolute atomic E-state index is 0.0539. The summed E-state index contributed by atoms with van der Waals surface area (Å²) in [6.07, 6.45) is 0.731. The highest BCUT2D eigenvalue weighted by Gasteiger charge is 2.36. The van der Waals surface area contributed by atoms with Gasteiger partial charge in [0.15, 0.2) is 0 Å². The van der Waals surface area contributed by atoms with Gasteiger partial charge in [-0.25, -0.2) is 0 Å². The Morgan fingerprint density at radius 3 is 2.18 bits per heavy atom. The van der Waals surface area contributed by atoms with Crippen LogP contribution in [0.15, 0.2) is 84.9 Å². The number of ether oxygens (including phenoxy) is 1. The average Bonchev–Trinajstić information content (AvgIpc) is 2.88. The van der Waals surface area contributed by atoms with E-state index in [2.05, 4.69) is 12.1 Å². The van der Waals surface area contributed by atoms with Crippen LogP contribution in [-0.4, -0.2) is 48.9 Å². The molecule has 3 aromatic rings. The molecule has 1 aliphatic rings. The van der Waals surface area contributed by atoms with Crippen molar-refractivity contribution in [3.05, 3.63) is 102 Å². The summed E-state index contributed by atoms with van der Waals surface area (Å²) >= 11 is 0. The molecule has 1 aliphatic heterocycles. The molecule has 1 fully saturated rings. The summed E-state index contributed by atoms with van der Waals surface area (Å²) in [4.78, 5) is 30.4. The quantitative estimate of drug-likeness (QED) is 0.561. The summed E-state index contributed by atoms with van der Waals surface area (Å²) in [5.74, 6) is 0.595. The average molecular weight is 443 g/mol. The zero-order valence-corrected chi connectivity index (χ0v) is 19.2. The molecule has 0 spiro atoms. The molecule has 170 valence electrons. The first-order valence-electron chi connectivity index (χ1n) is 11.3. The van der Waals surface area contributed by atoms with Crippen molar-refractivity contribution in [2.75, 3.05) is 27.2 Å². The SMILES string of the molecule is COc1ccc(C(=O)N2C[C@H](C(=O)N(C)Cc3ccccc3)C[C@@H](c3ccccc3)C2)cc1. The molecule has 2 atom stereocenters. The highest BCUT2D eigenvalue weighted by Crippen LogP contribution is 2.32. The number of likely N-dealkylation sites (tertiary alicyclic amines) is 1. The number of benzene rings is 3. The van der Waals surface area contributed by atoms with Gasteiger partial charge in [0, 0.05) is 38.2 Å². The Morgan fingerprint density at radius 2 is 1.55 bits per heavy atom. The predicted molar refractivity (Wildman–Crippen MR) is 129 cm³/mol. The lowest BCUT2D eigenvalue weighted by atomic mass is 9.83. The molecular formula is C28H30N2O3. The zero-order valence-electron chi connectivity index (χ0n) is 19.2. The fourth-order valence-electron chi connectivity index (χ4n) is 4.57. The number of hydrogen-bond acceptors (Lipinski definition) is 3. The fourth-order valence-corrected chi connectivity index (χ4v) is 4.57. The molecule has 0 unspecified atom stereocenters. The van der Waals surface area contributed by atoms with Gasteiger partial charge in [0.1, 0.15) is 5.75 Å². The van der Waals surface area contributed by atoms with Crippen LogP contribution in [0.5, 0.6) is 5.75 Å². The van der Waals surface area contributed by atoms with Crippen molar-refractivity contribution in [3.8, 4) is 5.75 Å². The van der Waals surface area contributed by atoms with Crippen LogP contribution >= 0.6 is 0 Å². The standard InChI is InChI=1S/C28H30N2O3/c1-29(18-21-9-5-3-6-10-21)27(31)25-17-24(22-11-7-4-8-12-22)19-30(20-25)28(32)23-13-15-26(33-2)16-14-23/h3-16,24-25H,17-20H2,1-2H3/t24-,25-/m1/s1. The van der Waals surface area contributed by atoms with E-state index in [0.717, 1.165) is 17.5 Å². The lowest BCUT2D eigenvalue weighted by molar-refractivity contribution is -0.136. The second-order valence-corrected chi connectivity index (χ2v) is 8.66. The first-order valence-corrected chi connectivity index (χ1v) is 11.3. The first-order chi connectivity index (χ1) is 16.0. The topological polar surface area (TPSA) is 49.9 Å². The molecule has 0 aliphatic carbocycles. The summed E-state index contributed by atoms with van der Waals surface area (Å²) in [5, 5.41) is 0. The minimum Gasteiger partial charge on any atom is -0.497 e. The highest BCUT2D eigenvalue weighted by atomic mass is 16.5. The largest absolute Gasteiger partial charge is 0.497 e. The number of carbonyl (C=O) groups excluding carboxylic acids is 2. The lowest BCUT2D eigenvalue weighted by Crippen LogP contribution is -2.48. The van der Waals surface area contributed by atoms with Gasteiger partial charge in [-0.15, -0.1) is 0 Å². The number of rotatable bonds is 6. The molecule has 1 heterocycles. The van der Waals surface area contributed by atoms with Crippen LogP contribution in [0.4, 0.5) is 0 Å². The number of amides is 2. The smallest absolute Gasteiger partial charge is 0.253 e. The molecule has 0 N–H and O–H groups in total. The molecule has 0 bridgehead atoms. The van der Waals surface area contributed by atoms with E-state index in [1.807, 2.05) is 60.5 Å². The van der Waals surface area contributed by atoms with Gasteiger partial charge in [0.05, 0.1) is 13.0 Å². The van der Waals surface area contributed by atoms with E-state index < -0.39 is 0 Å². The van der Waals surface area contributed by atoms with Crippen molar-refractivity contribution in [1.29, 1.82) is 0 Å². The molecule has 4 rings (SSSR count). The van der Waals surface area contributed by atoms with Crippen molar-refractivity contribution in [2.45, 2.75) is 18.9 Å². The van der Waals surface area contributed by atoms with E-state index in [9.17, 15) is 9.59 Å². The van der Waals surface area contributed by atoms with Crippen LogP contribution in [0, 0.1) is 5.92 Å². The Hall–Kier alpha value is -3.60. The fraction of sp³-hybridized carbons (Fsp3) is 0.286. The summed E-state index contributed by atoms with van der Waals surface area (Å²) in [5.41, 5.74) is 2.86. The molecule has 3 aromatic carbocycles. The molecule has 5 nitrogen and oxygen atoms in total. The Balaban J connectivity index is 1.55. The Labute approximate surface area is 195 Å². The Kier molecular flexibility index (Phi) is 7.08. The Bertz CT molecular complexity index is 1070. The van der Waals surface area contributed by atoms with Crippen molar-refractivity contribution < 1.29 is 14.3 Å². The number of methoxy groups -OCH3 is 1. The normalized spacial score (nSPS) is 17.9. The van der Waals surface area contributed by atoms with Gasteiger partial charge in [-0.3, -0.25) is 9.59 Å². The monoisotopic (exact) mass is 442 g/mol. The molecule has 0 saturated carbocycles. The number of nitrogens with zero attached hydrogens (tertiary/aromatic N) is 2. The molecule has 33 heavy (non-hydrogen) atoms. The predicted octanol–water partition coefficient (Wildman–Crippen LogP) is 4.60. The van der Waals surface area contributed by atoms with Crippen LogP contribution in [0.3, 0.4) is 0 Å². The maximum absolute atomic E-state index is 13.4. The second-order valence-electron chi connectivity index (χ2n) is 8.66. The molecule has 0 aromatic heterocycles. The molecule has 5 heteroatoms. The molecule has 2 amide bonds. The van der Waals surface area contributed by atoms with Crippen LogP contribution in [0.1, 0.15) is 33.8 Å². The maximum atomic E-state index is 13.4. The van der Waals surface area contributed by atoms with Gasteiger partial charge in [0.25, 0.3) is 5.91 Å². The number of piperidine rings is 1. The maximum Gasteiger partial charge on any atom is 0.253 e. The van der Waals surface area contributed by atoms with Gasteiger partial charge in [-0.2, -0.15) is 0 Å². The molecular weight excluding hydrogens is 412 g/mol.